The standard InChI is InChI=1S/C17H26N4O3/c1-3-9-20-13-15(18-14(20)12-7-4-5-8-12)21(10-6-11-24-2)17(23)19-16(13)22/h12H,3-11H2,1-2H3,(H,19,22,23). The van der Waals surface area contributed by atoms with Crippen molar-refractivity contribution in [2.45, 2.75) is 64.5 Å². The Morgan fingerprint density at radius 2 is 1.96 bits per heavy atom. The van der Waals surface area contributed by atoms with Crippen LogP contribution < -0.4 is 11.2 Å². The van der Waals surface area contributed by atoms with Gasteiger partial charge in [-0.3, -0.25) is 14.3 Å². The second kappa shape index (κ2) is 7.34. The molecule has 2 aromatic heterocycles. The summed E-state index contributed by atoms with van der Waals surface area (Å²) in [5.74, 6) is 1.37. The van der Waals surface area contributed by atoms with Crippen LogP contribution >= 0.6 is 0 Å². The molecule has 0 atom stereocenters. The van der Waals surface area contributed by atoms with Gasteiger partial charge in [-0.25, -0.2) is 9.78 Å². The summed E-state index contributed by atoms with van der Waals surface area (Å²) in [5, 5.41) is 0. The molecule has 0 saturated heterocycles. The Hall–Kier alpha value is -1.89. The Morgan fingerprint density at radius 3 is 2.62 bits per heavy atom. The molecule has 7 nitrogen and oxygen atoms in total. The molecule has 24 heavy (non-hydrogen) atoms. The first kappa shape index (κ1) is 17.0. The molecule has 0 unspecified atom stereocenters. The van der Waals surface area contributed by atoms with Gasteiger partial charge in [-0.1, -0.05) is 19.8 Å². The van der Waals surface area contributed by atoms with Crippen molar-refractivity contribution in [1.29, 1.82) is 0 Å². The number of imidazole rings is 1. The van der Waals surface area contributed by atoms with E-state index in [0.717, 1.165) is 31.6 Å². The fraction of sp³-hybridized carbons (Fsp3) is 0.706. The van der Waals surface area contributed by atoms with Gasteiger partial charge in [0.1, 0.15) is 5.82 Å². The first-order chi connectivity index (χ1) is 11.7. The van der Waals surface area contributed by atoms with E-state index in [2.05, 4.69) is 11.9 Å². The number of H-pyrrole nitrogens is 1. The predicted octanol–water partition coefficient (Wildman–Crippen LogP) is 1.99. The third-order valence-corrected chi connectivity index (χ3v) is 4.81. The fourth-order valence-corrected chi connectivity index (χ4v) is 3.71. The second-order valence-corrected chi connectivity index (χ2v) is 6.53. The number of rotatable bonds is 7. The summed E-state index contributed by atoms with van der Waals surface area (Å²) >= 11 is 0. The maximum absolute atomic E-state index is 12.5. The summed E-state index contributed by atoms with van der Waals surface area (Å²) in [5.41, 5.74) is 0.344. The molecular weight excluding hydrogens is 308 g/mol. The maximum Gasteiger partial charge on any atom is 0.330 e. The number of nitrogens with one attached hydrogen (secondary N) is 1. The van der Waals surface area contributed by atoms with E-state index in [9.17, 15) is 9.59 Å². The molecule has 0 bridgehead atoms. The smallest absolute Gasteiger partial charge is 0.330 e. The number of aryl methyl sites for hydroxylation is 2. The zero-order valence-electron chi connectivity index (χ0n) is 14.5. The van der Waals surface area contributed by atoms with Crippen LogP contribution in [0, 0.1) is 0 Å². The monoisotopic (exact) mass is 334 g/mol. The molecule has 1 N–H and O–H groups in total. The largest absolute Gasteiger partial charge is 0.385 e. The minimum Gasteiger partial charge on any atom is -0.385 e. The topological polar surface area (TPSA) is 81.9 Å². The van der Waals surface area contributed by atoms with Crippen molar-refractivity contribution < 1.29 is 4.74 Å². The lowest BCUT2D eigenvalue weighted by Crippen LogP contribution is -2.31. The Labute approximate surface area is 140 Å². The van der Waals surface area contributed by atoms with Crippen LogP contribution in [0.3, 0.4) is 0 Å². The van der Waals surface area contributed by atoms with E-state index < -0.39 is 0 Å². The Bertz CT molecular complexity index is 812. The highest BCUT2D eigenvalue weighted by Crippen LogP contribution is 2.34. The molecule has 0 radical (unpaired) electrons. The van der Waals surface area contributed by atoms with E-state index in [0.29, 0.717) is 36.7 Å². The highest BCUT2D eigenvalue weighted by atomic mass is 16.5. The van der Waals surface area contributed by atoms with E-state index >= 15 is 0 Å². The highest BCUT2D eigenvalue weighted by molar-refractivity contribution is 5.71. The lowest BCUT2D eigenvalue weighted by molar-refractivity contribution is 0.190. The highest BCUT2D eigenvalue weighted by Gasteiger charge is 2.26. The number of hydrogen-bond donors (Lipinski definition) is 1. The molecule has 1 aliphatic rings. The minimum absolute atomic E-state index is 0.330. The van der Waals surface area contributed by atoms with Crippen molar-refractivity contribution in [1.82, 2.24) is 19.1 Å². The number of nitrogens with zero attached hydrogens (tertiary/aromatic N) is 3. The zero-order chi connectivity index (χ0) is 17.1. The van der Waals surface area contributed by atoms with Gasteiger partial charge in [0.2, 0.25) is 0 Å². The number of fused-ring (bicyclic) bond motifs is 1. The van der Waals surface area contributed by atoms with Gasteiger partial charge in [0, 0.05) is 32.7 Å². The summed E-state index contributed by atoms with van der Waals surface area (Å²) in [7, 11) is 1.64. The lowest BCUT2D eigenvalue weighted by atomic mass is 10.1. The molecule has 0 aliphatic heterocycles. The summed E-state index contributed by atoms with van der Waals surface area (Å²) in [4.78, 5) is 32.0. The van der Waals surface area contributed by atoms with Gasteiger partial charge < -0.3 is 9.30 Å². The molecule has 132 valence electrons. The molecule has 1 aliphatic carbocycles. The van der Waals surface area contributed by atoms with Crippen LogP contribution in [0.4, 0.5) is 0 Å². The molecular formula is C17H26N4O3. The second-order valence-electron chi connectivity index (χ2n) is 6.53. The number of aromatic nitrogens is 4. The molecule has 2 heterocycles. The average molecular weight is 334 g/mol. The van der Waals surface area contributed by atoms with Crippen LogP contribution in [0.25, 0.3) is 11.2 Å². The first-order valence-electron chi connectivity index (χ1n) is 8.89. The third-order valence-electron chi connectivity index (χ3n) is 4.81. The van der Waals surface area contributed by atoms with Gasteiger partial charge in [-0.2, -0.15) is 0 Å². The molecule has 0 amide bonds. The number of methoxy groups -OCH3 is 1. The van der Waals surface area contributed by atoms with E-state index in [1.165, 1.54) is 12.8 Å². The van der Waals surface area contributed by atoms with Crippen LogP contribution in [-0.2, 0) is 17.8 Å². The van der Waals surface area contributed by atoms with Gasteiger partial charge in [0.25, 0.3) is 5.56 Å². The minimum atomic E-state index is -0.386. The number of aromatic amines is 1. The molecule has 0 aromatic carbocycles. The molecule has 1 saturated carbocycles. The predicted molar refractivity (Wildman–Crippen MR) is 92.6 cm³/mol. The maximum atomic E-state index is 12.5. The van der Waals surface area contributed by atoms with Gasteiger partial charge in [-0.05, 0) is 25.7 Å². The fourth-order valence-electron chi connectivity index (χ4n) is 3.71. The van der Waals surface area contributed by atoms with Gasteiger partial charge in [0.05, 0.1) is 0 Å². The van der Waals surface area contributed by atoms with Crippen molar-refractivity contribution >= 4 is 11.2 Å². The van der Waals surface area contributed by atoms with Crippen molar-refractivity contribution in [2.75, 3.05) is 13.7 Å². The zero-order valence-corrected chi connectivity index (χ0v) is 14.5. The van der Waals surface area contributed by atoms with E-state index in [4.69, 9.17) is 9.72 Å². The van der Waals surface area contributed by atoms with E-state index in [-0.39, 0.29) is 11.2 Å². The van der Waals surface area contributed by atoms with Crippen LogP contribution in [0.2, 0.25) is 0 Å². The van der Waals surface area contributed by atoms with Gasteiger partial charge in [0.15, 0.2) is 11.2 Å². The Kier molecular flexibility index (Phi) is 5.18. The van der Waals surface area contributed by atoms with Crippen LogP contribution in [0.5, 0.6) is 0 Å². The molecule has 0 spiro atoms. The quantitative estimate of drug-likeness (QED) is 0.785. The first-order valence-corrected chi connectivity index (χ1v) is 8.89. The van der Waals surface area contributed by atoms with E-state index in [1.54, 1.807) is 11.7 Å². The number of hydrogen-bond acceptors (Lipinski definition) is 4. The normalized spacial score (nSPS) is 15.6. The van der Waals surface area contributed by atoms with E-state index in [1.807, 2.05) is 4.57 Å². The Balaban J connectivity index is 2.16. The molecule has 2 aromatic rings. The van der Waals surface area contributed by atoms with Crippen molar-refractivity contribution in [3.63, 3.8) is 0 Å². The average Bonchev–Trinajstić information content (AvgIpc) is 3.19. The van der Waals surface area contributed by atoms with Gasteiger partial charge in [-0.15, -0.1) is 0 Å². The third kappa shape index (κ3) is 3.05. The Morgan fingerprint density at radius 1 is 1.21 bits per heavy atom. The summed E-state index contributed by atoms with van der Waals surface area (Å²) in [6.45, 7) is 3.90. The van der Waals surface area contributed by atoms with Gasteiger partial charge >= 0.3 is 5.69 Å². The van der Waals surface area contributed by atoms with Crippen molar-refractivity contribution in [2.24, 2.45) is 0 Å². The van der Waals surface area contributed by atoms with Crippen LogP contribution in [0.1, 0.15) is 57.2 Å². The molecule has 1 fully saturated rings. The molecule has 7 heteroatoms. The van der Waals surface area contributed by atoms with Crippen molar-refractivity contribution in [3.05, 3.63) is 26.7 Å². The molecule has 3 rings (SSSR count). The SMILES string of the molecule is CCCn1c(C2CCCC2)nc2c1c(=O)[nH]c(=O)n2CCCOC. The summed E-state index contributed by atoms with van der Waals surface area (Å²) in [6, 6.07) is 0. The summed E-state index contributed by atoms with van der Waals surface area (Å²) in [6.07, 6.45) is 6.26. The summed E-state index contributed by atoms with van der Waals surface area (Å²) < 4.78 is 8.70. The van der Waals surface area contributed by atoms with Crippen molar-refractivity contribution in [3.8, 4) is 0 Å². The van der Waals surface area contributed by atoms with Crippen LogP contribution in [-0.4, -0.2) is 32.8 Å². The van der Waals surface area contributed by atoms with Crippen LogP contribution in [0.15, 0.2) is 9.59 Å². The number of ether oxygens (including phenoxy) is 1. The lowest BCUT2D eigenvalue weighted by Gasteiger charge is -2.12.